The van der Waals surface area contributed by atoms with Gasteiger partial charge in [0.05, 0.1) is 6.61 Å². The van der Waals surface area contributed by atoms with Gasteiger partial charge in [-0.3, -0.25) is 0 Å². The van der Waals surface area contributed by atoms with E-state index >= 15 is 0 Å². The number of ether oxygens (including phenoxy) is 3. The van der Waals surface area contributed by atoms with Gasteiger partial charge in [0.15, 0.2) is 0 Å². The third-order valence-electron chi connectivity index (χ3n) is 8.31. The molecule has 3 aromatic carbocycles. The van der Waals surface area contributed by atoms with Gasteiger partial charge in [0, 0.05) is 29.6 Å². The van der Waals surface area contributed by atoms with Crippen molar-refractivity contribution in [3.63, 3.8) is 0 Å². The molecule has 0 spiro atoms. The Morgan fingerprint density at radius 1 is 0.973 bits per heavy atom. The molecule has 192 valence electrons. The van der Waals surface area contributed by atoms with Gasteiger partial charge in [-0.15, -0.1) is 0 Å². The van der Waals surface area contributed by atoms with E-state index in [1.165, 1.54) is 0 Å². The zero-order valence-corrected chi connectivity index (χ0v) is 21.1. The minimum Gasteiger partial charge on any atom is -0.494 e. The number of para-hydroxylation sites is 3. The summed E-state index contributed by atoms with van der Waals surface area (Å²) in [6.45, 7) is 1.59. The number of benzene rings is 3. The smallest absolute Gasteiger partial charge is 0.348 e. The van der Waals surface area contributed by atoms with E-state index in [0.717, 1.165) is 38.0 Å². The summed E-state index contributed by atoms with van der Waals surface area (Å²) in [7, 11) is 2.17. The van der Waals surface area contributed by atoms with Crippen molar-refractivity contribution in [2.75, 3.05) is 20.2 Å². The van der Waals surface area contributed by atoms with E-state index in [0.29, 0.717) is 41.2 Å². The minimum absolute atomic E-state index is 0.203. The molecule has 1 aliphatic heterocycles. The number of carbonyl (C=O) groups excluding carboxylic acids is 1. The van der Waals surface area contributed by atoms with Gasteiger partial charge in [0.25, 0.3) is 0 Å². The van der Waals surface area contributed by atoms with Crippen LogP contribution in [-0.4, -0.2) is 48.3 Å². The van der Waals surface area contributed by atoms with Gasteiger partial charge in [-0.1, -0.05) is 54.6 Å². The number of esters is 1. The van der Waals surface area contributed by atoms with Gasteiger partial charge in [0.1, 0.15) is 23.4 Å². The Labute approximate surface area is 217 Å². The van der Waals surface area contributed by atoms with E-state index in [2.05, 4.69) is 11.9 Å². The normalized spacial score (nSPS) is 24.7. The lowest BCUT2D eigenvalue weighted by Crippen LogP contribution is -2.44. The maximum Gasteiger partial charge on any atom is 0.348 e. The van der Waals surface area contributed by atoms with Crippen LogP contribution in [-0.2, 0) is 15.1 Å². The van der Waals surface area contributed by atoms with Crippen molar-refractivity contribution in [2.45, 2.75) is 43.4 Å². The summed E-state index contributed by atoms with van der Waals surface area (Å²) in [5.74, 6) is 1.99. The SMILES string of the molecule is CN(CCCOc1ccccc1)C1C2CCC1C(OC(=O)C1(O)c3ccccc3Oc3ccccc31)C2. The minimum atomic E-state index is -1.90. The molecule has 6 rings (SSSR count). The predicted octanol–water partition coefficient (Wildman–Crippen LogP) is 5.14. The second-order valence-electron chi connectivity index (χ2n) is 10.5. The van der Waals surface area contributed by atoms with Crippen LogP contribution < -0.4 is 9.47 Å². The van der Waals surface area contributed by atoms with Gasteiger partial charge in [-0.25, -0.2) is 4.79 Å². The molecule has 0 saturated heterocycles. The summed E-state index contributed by atoms with van der Waals surface area (Å²) in [5, 5.41) is 11.9. The maximum absolute atomic E-state index is 13.7. The van der Waals surface area contributed by atoms with E-state index in [4.69, 9.17) is 14.2 Å². The van der Waals surface area contributed by atoms with Crippen molar-refractivity contribution in [1.82, 2.24) is 4.90 Å². The molecule has 37 heavy (non-hydrogen) atoms. The number of nitrogens with zero attached hydrogens (tertiary/aromatic N) is 1. The van der Waals surface area contributed by atoms with Crippen LogP contribution in [0.5, 0.6) is 17.2 Å². The van der Waals surface area contributed by atoms with Crippen molar-refractivity contribution in [3.8, 4) is 17.2 Å². The fourth-order valence-corrected chi connectivity index (χ4v) is 6.64. The summed E-state index contributed by atoms with van der Waals surface area (Å²) in [6, 6.07) is 24.6. The third-order valence-corrected chi connectivity index (χ3v) is 8.31. The second kappa shape index (κ2) is 9.84. The number of rotatable bonds is 8. The van der Waals surface area contributed by atoms with Crippen LogP contribution >= 0.6 is 0 Å². The Morgan fingerprint density at radius 3 is 2.32 bits per heavy atom. The molecule has 6 heteroatoms. The second-order valence-corrected chi connectivity index (χ2v) is 10.5. The van der Waals surface area contributed by atoms with Gasteiger partial charge in [-0.2, -0.15) is 0 Å². The zero-order valence-electron chi connectivity index (χ0n) is 21.1. The highest BCUT2D eigenvalue weighted by atomic mass is 16.6. The highest BCUT2D eigenvalue weighted by molar-refractivity contribution is 5.88. The van der Waals surface area contributed by atoms with Crippen LogP contribution in [0.15, 0.2) is 78.9 Å². The highest BCUT2D eigenvalue weighted by Gasteiger charge is 2.54. The molecule has 2 aliphatic carbocycles. The molecule has 4 atom stereocenters. The summed E-state index contributed by atoms with van der Waals surface area (Å²) < 4.78 is 18.0. The van der Waals surface area contributed by atoms with E-state index in [9.17, 15) is 9.90 Å². The topological polar surface area (TPSA) is 68.2 Å². The van der Waals surface area contributed by atoms with Crippen molar-refractivity contribution in [3.05, 3.63) is 90.0 Å². The number of fused-ring (bicyclic) bond motifs is 4. The van der Waals surface area contributed by atoms with Crippen LogP contribution in [0.25, 0.3) is 0 Å². The van der Waals surface area contributed by atoms with Crippen LogP contribution in [0, 0.1) is 11.8 Å². The number of aliphatic hydroxyl groups is 1. The summed E-state index contributed by atoms with van der Waals surface area (Å²) in [5.41, 5.74) is -1.05. The molecule has 3 aliphatic rings. The molecule has 6 nitrogen and oxygen atoms in total. The average Bonchev–Trinajstić information content (AvgIpc) is 3.50. The van der Waals surface area contributed by atoms with Crippen LogP contribution in [0.3, 0.4) is 0 Å². The molecule has 2 fully saturated rings. The Bertz CT molecular complexity index is 1220. The van der Waals surface area contributed by atoms with Crippen LogP contribution in [0.1, 0.15) is 36.8 Å². The van der Waals surface area contributed by atoms with Crippen molar-refractivity contribution >= 4 is 5.97 Å². The summed E-state index contributed by atoms with van der Waals surface area (Å²) in [4.78, 5) is 16.2. The fourth-order valence-electron chi connectivity index (χ4n) is 6.64. The molecule has 2 bridgehead atoms. The maximum atomic E-state index is 13.7. The van der Waals surface area contributed by atoms with Crippen molar-refractivity contribution < 1.29 is 24.1 Å². The Kier molecular flexibility index (Phi) is 6.39. The molecule has 4 unspecified atom stereocenters. The van der Waals surface area contributed by atoms with Gasteiger partial charge < -0.3 is 24.2 Å². The van der Waals surface area contributed by atoms with Gasteiger partial charge in [0.2, 0.25) is 5.60 Å². The lowest BCUT2D eigenvalue weighted by atomic mass is 9.83. The summed E-state index contributed by atoms with van der Waals surface area (Å²) in [6.07, 6.45) is 3.75. The van der Waals surface area contributed by atoms with Gasteiger partial charge >= 0.3 is 5.97 Å². The average molecular weight is 500 g/mol. The Hall–Kier alpha value is -3.35. The third kappa shape index (κ3) is 4.28. The molecule has 3 aromatic rings. The van der Waals surface area contributed by atoms with Crippen LogP contribution in [0.4, 0.5) is 0 Å². The molecule has 0 radical (unpaired) electrons. The standard InChI is InChI=1S/C31H33NO5/c1-32(18-9-19-35-22-10-3-2-4-11-22)29-21-16-17-23(29)28(20-21)37-30(33)31(34)24-12-5-7-14-26(24)36-27-15-8-6-13-25(27)31/h2-8,10-15,21,23,28-29,34H,9,16-20H2,1H3. The predicted molar refractivity (Wildman–Crippen MR) is 140 cm³/mol. The first-order valence-electron chi connectivity index (χ1n) is 13.2. The van der Waals surface area contributed by atoms with E-state index in [1.807, 2.05) is 42.5 Å². The molecule has 1 N–H and O–H groups in total. The zero-order chi connectivity index (χ0) is 25.4. The summed E-state index contributed by atoms with van der Waals surface area (Å²) >= 11 is 0. The molecule has 0 amide bonds. The van der Waals surface area contributed by atoms with E-state index in [-0.39, 0.29) is 12.0 Å². The Morgan fingerprint density at radius 2 is 1.62 bits per heavy atom. The molecular formula is C31H33NO5. The highest BCUT2D eigenvalue weighted by Crippen LogP contribution is 2.51. The molecule has 0 aromatic heterocycles. The molecular weight excluding hydrogens is 466 g/mol. The van der Waals surface area contributed by atoms with Crippen molar-refractivity contribution in [2.24, 2.45) is 11.8 Å². The van der Waals surface area contributed by atoms with Crippen molar-refractivity contribution in [1.29, 1.82) is 0 Å². The number of hydrogen-bond acceptors (Lipinski definition) is 6. The van der Waals surface area contributed by atoms with E-state index < -0.39 is 11.6 Å². The molecule has 2 saturated carbocycles. The largest absolute Gasteiger partial charge is 0.494 e. The lowest BCUT2D eigenvalue weighted by molar-refractivity contribution is -0.171. The van der Waals surface area contributed by atoms with E-state index in [1.54, 1.807) is 36.4 Å². The van der Waals surface area contributed by atoms with Crippen LogP contribution in [0.2, 0.25) is 0 Å². The van der Waals surface area contributed by atoms with Gasteiger partial charge in [-0.05, 0) is 62.9 Å². The quantitative estimate of drug-likeness (QED) is 0.342. The lowest BCUT2D eigenvalue weighted by Gasteiger charge is -2.35. The Balaban J connectivity index is 1.13. The number of hydrogen-bond donors (Lipinski definition) is 1. The molecule has 1 heterocycles. The first kappa shape index (κ1) is 24.0. The first-order valence-corrected chi connectivity index (χ1v) is 13.2. The fraction of sp³-hybridized carbons (Fsp3) is 0.387. The number of carbonyl (C=O) groups is 1. The monoisotopic (exact) mass is 499 g/mol. The first-order chi connectivity index (χ1) is 18.1.